The van der Waals surface area contributed by atoms with Crippen LogP contribution in [-0.4, -0.2) is 5.16 Å². The highest BCUT2D eigenvalue weighted by Gasteiger charge is 2.20. The third-order valence-electron chi connectivity index (χ3n) is 5.29. The molecule has 2 aromatic carbocycles. The van der Waals surface area contributed by atoms with Crippen LogP contribution in [0, 0.1) is 0 Å². The Kier molecular flexibility index (Phi) is 3.18. The second-order valence-electron chi connectivity index (χ2n) is 6.80. The van der Waals surface area contributed by atoms with Gasteiger partial charge in [0, 0.05) is 17.7 Å². The van der Waals surface area contributed by atoms with Crippen molar-refractivity contribution in [3.05, 3.63) is 70.6 Å². The Morgan fingerprint density at radius 3 is 2.83 bits per heavy atom. The summed E-state index contributed by atoms with van der Waals surface area (Å²) >= 11 is 0. The normalized spacial score (nSPS) is 14.8. The van der Waals surface area contributed by atoms with Crippen molar-refractivity contribution in [2.24, 2.45) is 0 Å². The molecule has 3 aromatic rings. The van der Waals surface area contributed by atoms with Gasteiger partial charge in [-0.25, -0.2) is 0 Å². The Balaban J connectivity index is 1.36. The van der Waals surface area contributed by atoms with Gasteiger partial charge in [-0.1, -0.05) is 35.5 Å². The topological polar surface area (TPSA) is 38.1 Å². The molecule has 1 N–H and O–H groups in total. The first-order valence-corrected chi connectivity index (χ1v) is 8.80. The lowest BCUT2D eigenvalue weighted by atomic mass is 9.96. The minimum Gasteiger partial charge on any atom is -0.379 e. The fraction of sp³-hybridized carbons (Fsp3) is 0.286. The largest absolute Gasteiger partial charge is 0.379 e. The first-order valence-electron chi connectivity index (χ1n) is 8.80. The van der Waals surface area contributed by atoms with E-state index in [-0.39, 0.29) is 0 Å². The summed E-state index contributed by atoms with van der Waals surface area (Å²) in [6.45, 7) is 0.741. The van der Waals surface area contributed by atoms with E-state index in [1.165, 1.54) is 40.7 Å². The molecule has 5 rings (SSSR count). The van der Waals surface area contributed by atoms with E-state index in [4.69, 9.17) is 4.52 Å². The molecule has 0 radical (unpaired) electrons. The lowest BCUT2D eigenvalue weighted by Gasteiger charge is -2.11. The van der Waals surface area contributed by atoms with Crippen molar-refractivity contribution in [1.29, 1.82) is 0 Å². The molecule has 0 amide bonds. The Labute approximate surface area is 141 Å². The van der Waals surface area contributed by atoms with Crippen LogP contribution in [0.1, 0.15) is 41.0 Å². The summed E-state index contributed by atoms with van der Waals surface area (Å²) in [6.07, 6.45) is 5.65. The summed E-state index contributed by atoms with van der Waals surface area (Å²) < 4.78 is 5.50. The third kappa shape index (κ3) is 2.23. The number of anilines is 1. The fourth-order valence-corrected chi connectivity index (χ4v) is 4.03. The summed E-state index contributed by atoms with van der Waals surface area (Å²) in [5, 5.41) is 7.81. The molecular weight excluding hydrogens is 296 g/mol. The van der Waals surface area contributed by atoms with Crippen molar-refractivity contribution in [2.75, 3.05) is 5.32 Å². The van der Waals surface area contributed by atoms with E-state index in [1.54, 1.807) is 0 Å². The highest BCUT2D eigenvalue weighted by molar-refractivity contribution is 5.78. The van der Waals surface area contributed by atoms with E-state index in [2.05, 4.69) is 52.9 Å². The number of rotatable bonds is 3. The smallest absolute Gasteiger partial charge is 0.140 e. The van der Waals surface area contributed by atoms with Crippen LogP contribution < -0.4 is 5.32 Å². The number of fused-ring (bicyclic) bond motifs is 4. The summed E-state index contributed by atoms with van der Waals surface area (Å²) in [5.74, 6) is 1.10. The van der Waals surface area contributed by atoms with Crippen molar-refractivity contribution in [3.63, 3.8) is 0 Å². The minimum absolute atomic E-state index is 0.741. The van der Waals surface area contributed by atoms with Crippen molar-refractivity contribution < 1.29 is 4.52 Å². The minimum atomic E-state index is 0.741. The van der Waals surface area contributed by atoms with Crippen molar-refractivity contribution in [3.8, 4) is 11.1 Å². The molecule has 120 valence electrons. The second kappa shape index (κ2) is 5.52. The predicted octanol–water partition coefficient (Wildman–Crippen LogP) is 4.74. The summed E-state index contributed by atoms with van der Waals surface area (Å²) in [7, 11) is 0. The Bertz CT molecular complexity index is 910. The van der Waals surface area contributed by atoms with Gasteiger partial charge in [-0.3, -0.25) is 0 Å². The van der Waals surface area contributed by atoms with Crippen LogP contribution in [0.5, 0.6) is 0 Å². The van der Waals surface area contributed by atoms with E-state index in [0.29, 0.717) is 0 Å². The Morgan fingerprint density at radius 2 is 1.83 bits per heavy atom. The van der Waals surface area contributed by atoms with Crippen molar-refractivity contribution in [2.45, 2.75) is 38.6 Å². The zero-order valence-corrected chi connectivity index (χ0v) is 13.6. The number of hydrogen-bond donors (Lipinski definition) is 1. The fourth-order valence-electron chi connectivity index (χ4n) is 4.03. The number of nitrogens with zero attached hydrogens (tertiary/aromatic N) is 1. The first-order chi connectivity index (χ1) is 11.9. The maximum absolute atomic E-state index is 5.50. The molecule has 1 heterocycles. The van der Waals surface area contributed by atoms with E-state index in [9.17, 15) is 0 Å². The van der Waals surface area contributed by atoms with E-state index in [1.807, 2.05) is 0 Å². The van der Waals surface area contributed by atoms with Crippen LogP contribution in [0.25, 0.3) is 11.1 Å². The van der Waals surface area contributed by atoms with Gasteiger partial charge in [-0.15, -0.1) is 0 Å². The number of benzene rings is 2. The van der Waals surface area contributed by atoms with Crippen LogP contribution in [0.4, 0.5) is 5.69 Å². The molecule has 0 aliphatic heterocycles. The van der Waals surface area contributed by atoms with Crippen LogP contribution in [0.2, 0.25) is 0 Å². The van der Waals surface area contributed by atoms with Crippen LogP contribution in [0.3, 0.4) is 0 Å². The second-order valence-corrected chi connectivity index (χ2v) is 6.80. The van der Waals surface area contributed by atoms with Gasteiger partial charge in [0.25, 0.3) is 0 Å². The van der Waals surface area contributed by atoms with Gasteiger partial charge in [0.15, 0.2) is 0 Å². The van der Waals surface area contributed by atoms with E-state index in [0.717, 1.165) is 42.9 Å². The molecule has 2 aliphatic rings. The number of nitrogens with one attached hydrogen (secondary N) is 1. The molecule has 0 spiro atoms. The average Bonchev–Trinajstić information content (AvgIpc) is 3.20. The predicted molar refractivity (Wildman–Crippen MR) is 95.2 cm³/mol. The quantitative estimate of drug-likeness (QED) is 0.593. The van der Waals surface area contributed by atoms with Crippen LogP contribution >= 0.6 is 0 Å². The first kappa shape index (κ1) is 13.8. The van der Waals surface area contributed by atoms with Crippen LogP contribution in [-0.2, 0) is 25.8 Å². The molecule has 0 atom stereocenters. The molecule has 0 fully saturated rings. The highest BCUT2D eigenvalue weighted by Crippen LogP contribution is 2.37. The average molecular weight is 316 g/mol. The molecular formula is C21H20N2O. The monoisotopic (exact) mass is 316 g/mol. The molecule has 1 aromatic heterocycles. The molecule has 0 unspecified atom stereocenters. The van der Waals surface area contributed by atoms with Gasteiger partial charge in [0.05, 0.1) is 6.54 Å². The Hall–Kier alpha value is -2.55. The zero-order valence-electron chi connectivity index (χ0n) is 13.6. The lowest BCUT2D eigenvalue weighted by Crippen LogP contribution is -2.06. The van der Waals surface area contributed by atoms with Crippen LogP contribution in [0.15, 0.2) is 47.0 Å². The van der Waals surface area contributed by atoms with Gasteiger partial charge < -0.3 is 9.84 Å². The molecule has 3 heteroatoms. The molecule has 0 bridgehead atoms. The highest BCUT2D eigenvalue weighted by atomic mass is 16.5. The molecule has 0 saturated heterocycles. The third-order valence-corrected chi connectivity index (χ3v) is 5.29. The number of aryl methyl sites for hydroxylation is 1. The number of aromatic nitrogens is 1. The van der Waals surface area contributed by atoms with Gasteiger partial charge in [-0.05, 0) is 60.1 Å². The van der Waals surface area contributed by atoms with Gasteiger partial charge in [0.1, 0.15) is 11.5 Å². The Morgan fingerprint density at radius 1 is 0.958 bits per heavy atom. The standard InChI is InChI=1S/C21H20N2O/c1-2-6-17-14(5-1)11-15-12-16(9-10-18(15)17)22-13-20-19-7-3-4-8-21(19)24-23-20/h1-2,5-6,9-10,12,22H,3-4,7-8,11,13H2. The summed E-state index contributed by atoms with van der Waals surface area (Å²) in [4.78, 5) is 0. The maximum atomic E-state index is 5.50. The van der Waals surface area contributed by atoms with E-state index >= 15 is 0 Å². The zero-order chi connectivity index (χ0) is 15.9. The van der Waals surface area contributed by atoms with Crippen molar-refractivity contribution in [1.82, 2.24) is 5.16 Å². The van der Waals surface area contributed by atoms with E-state index < -0.39 is 0 Å². The van der Waals surface area contributed by atoms with Gasteiger partial charge >= 0.3 is 0 Å². The SMILES string of the molecule is c1ccc2c(c1)Cc1cc(NCc3noc4c3CCCC4)ccc1-2. The van der Waals surface area contributed by atoms with Gasteiger partial charge in [-0.2, -0.15) is 0 Å². The molecule has 0 saturated carbocycles. The lowest BCUT2D eigenvalue weighted by molar-refractivity contribution is 0.368. The maximum Gasteiger partial charge on any atom is 0.140 e. The van der Waals surface area contributed by atoms with Gasteiger partial charge in [0.2, 0.25) is 0 Å². The summed E-state index contributed by atoms with van der Waals surface area (Å²) in [6, 6.07) is 15.4. The summed E-state index contributed by atoms with van der Waals surface area (Å²) in [5.41, 5.74) is 9.16. The van der Waals surface area contributed by atoms with Crippen molar-refractivity contribution >= 4 is 5.69 Å². The molecule has 24 heavy (non-hydrogen) atoms. The molecule has 3 nitrogen and oxygen atoms in total. The number of hydrogen-bond acceptors (Lipinski definition) is 3. The molecule has 2 aliphatic carbocycles.